The van der Waals surface area contributed by atoms with Crippen LogP contribution in [0.1, 0.15) is 68.2 Å². The number of aliphatic hydroxyl groups is 1. The quantitative estimate of drug-likeness (QED) is 0.718. The SMILES string of the molecule is CC1(C)CCC[C@H](c2ccc(S(=O)(=O)C(F)(F)F)c3c2CC(F)(F)[C@H]3O)C1.O. The molecule has 0 unspecified atom stereocenters. The van der Waals surface area contributed by atoms with E-state index in [1.54, 1.807) is 0 Å². The molecule has 3 N–H and O–H groups in total. The van der Waals surface area contributed by atoms with Crippen molar-refractivity contribution < 1.29 is 41.0 Å². The van der Waals surface area contributed by atoms with Crippen LogP contribution in [0.3, 0.4) is 0 Å². The molecule has 0 aliphatic heterocycles. The average Bonchev–Trinajstić information content (AvgIpc) is 2.74. The van der Waals surface area contributed by atoms with Gasteiger partial charge in [0.25, 0.3) is 15.8 Å². The number of hydrogen-bond acceptors (Lipinski definition) is 3. The molecular formula is C18H23F5O4S. The summed E-state index contributed by atoms with van der Waals surface area (Å²) in [4.78, 5) is -1.27. The lowest BCUT2D eigenvalue weighted by Gasteiger charge is -2.36. The molecular weight excluding hydrogens is 407 g/mol. The van der Waals surface area contributed by atoms with Crippen LogP contribution >= 0.6 is 0 Å². The second kappa shape index (κ2) is 6.91. The summed E-state index contributed by atoms with van der Waals surface area (Å²) >= 11 is 0. The zero-order valence-corrected chi connectivity index (χ0v) is 16.2. The van der Waals surface area contributed by atoms with E-state index < -0.39 is 44.3 Å². The van der Waals surface area contributed by atoms with E-state index in [1.807, 2.05) is 13.8 Å². The summed E-state index contributed by atoms with van der Waals surface area (Å²) in [5, 5.41) is 9.96. The van der Waals surface area contributed by atoms with Crippen molar-refractivity contribution >= 4 is 9.84 Å². The zero-order chi connectivity index (χ0) is 20.4. The number of sulfone groups is 1. The molecule has 0 bridgehead atoms. The molecule has 2 atom stereocenters. The van der Waals surface area contributed by atoms with Gasteiger partial charge in [0.2, 0.25) is 0 Å². The monoisotopic (exact) mass is 430 g/mol. The van der Waals surface area contributed by atoms with Gasteiger partial charge in [0.15, 0.2) is 0 Å². The van der Waals surface area contributed by atoms with Gasteiger partial charge in [-0.15, -0.1) is 0 Å². The number of benzene rings is 1. The van der Waals surface area contributed by atoms with Gasteiger partial charge in [-0.25, -0.2) is 17.2 Å². The summed E-state index contributed by atoms with van der Waals surface area (Å²) in [5.41, 5.74) is -6.20. The highest BCUT2D eigenvalue weighted by atomic mass is 32.2. The highest BCUT2D eigenvalue weighted by Crippen LogP contribution is 2.52. The number of alkyl halides is 5. The molecule has 10 heteroatoms. The first-order valence-electron chi connectivity index (χ1n) is 8.70. The van der Waals surface area contributed by atoms with Gasteiger partial charge in [0.1, 0.15) is 6.10 Å². The van der Waals surface area contributed by atoms with Crippen molar-refractivity contribution in [1.29, 1.82) is 0 Å². The molecule has 4 nitrogen and oxygen atoms in total. The number of hydrogen-bond donors (Lipinski definition) is 1. The van der Waals surface area contributed by atoms with Crippen molar-refractivity contribution in [2.45, 2.75) is 74.3 Å². The summed E-state index contributed by atoms with van der Waals surface area (Å²) < 4.78 is 91.1. The predicted molar refractivity (Wildman–Crippen MR) is 91.9 cm³/mol. The number of rotatable bonds is 2. The highest BCUT2D eigenvalue weighted by molar-refractivity contribution is 7.92. The molecule has 2 aliphatic rings. The molecule has 0 spiro atoms. The van der Waals surface area contributed by atoms with Gasteiger partial charge in [0, 0.05) is 12.0 Å². The molecule has 1 aromatic carbocycles. The van der Waals surface area contributed by atoms with Crippen molar-refractivity contribution in [3.05, 3.63) is 28.8 Å². The third kappa shape index (κ3) is 3.66. The molecule has 1 saturated carbocycles. The summed E-state index contributed by atoms with van der Waals surface area (Å²) in [6, 6.07) is 1.95. The first kappa shape index (κ1) is 23.0. The Kier molecular flexibility index (Phi) is 5.68. The van der Waals surface area contributed by atoms with Gasteiger partial charge >= 0.3 is 5.51 Å². The van der Waals surface area contributed by atoms with Gasteiger partial charge < -0.3 is 10.6 Å². The number of fused-ring (bicyclic) bond motifs is 1. The fraction of sp³-hybridized carbons (Fsp3) is 0.667. The van der Waals surface area contributed by atoms with Crippen LogP contribution in [0, 0.1) is 5.41 Å². The first-order chi connectivity index (χ1) is 12.2. The van der Waals surface area contributed by atoms with Gasteiger partial charge in [-0.2, -0.15) is 13.2 Å². The van der Waals surface area contributed by atoms with Crippen molar-refractivity contribution in [3.8, 4) is 0 Å². The molecule has 0 amide bonds. The average molecular weight is 430 g/mol. The van der Waals surface area contributed by atoms with Crippen LogP contribution in [0.2, 0.25) is 0 Å². The Morgan fingerprint density at radius 2 is 1.79 bits per heavy atom. The first-order valence-corrected chi connectivity index (χ1v) is 10.2. The van der Waals surface area contributed by atoms with Crippen LogP contribution in [-0.2, 0) is 16.3 Å². The molecule has 0 saturated heterocycles. The van der Waals surface area contributed by atoms with Crippen LogP contribution in [0.5, 0.6) is 0 Å². The van der Waals surface area contributed by atoms with E-state index in [0.717, 1.165) is 18.9 Å². The van der Waals surface area contributed by atoms with E-state index >= 15 is 0 Å². The Labute approximate surface area is 160 Å². The molecule has 2 aliphatic carbocycles. The Balaban J connectivity index is 0.00000280. The van der Waals surface area contributed by atoms with E-state index in [4.69, 9.17) is 0 Å². The lowest BCUT2D eigenvalue weighted by atomic mass is 9.69. The smallest absolute Gasteiger partial charge is 0.412 e. The maximum Gasteiger partial charge on any atom is 0.501 e. The summed E-state index contributed by atoms with van der Waals surface area (Å²) in [5.74, 6) is -3.87. The molecule has 160 valence electrons. The van der Waals surface area contributed by atoms with Crippen molar-refractivity contribution in [2.75, 3.05) is 0 Å². The van der Waals surface area contributed by atoms with Gasteiger partial charge in [-0.1, -0.05) is 26.3 Å². The van der Waals surface area contributed by atoms with Gasteiger partial charge in [-0.05, 0) is 47.8 Å². The second-order valence-corrected chi connectivity index (χ2v) is 10.2. The van der Waals surface area contributed by atoms with Crippen LogP contribution in [0.4, 0.5) is 22.0 Å². The Bertz CT molecular complexity index is 861. The standard InChI is InChI=1S/C18H21F5O3S.H2O/c1-16(2)7-3-4-10(8-16)11-5-6-13(27(25,26)18(21,22)23)14-12(11)9-17(19,20)15(14)24;/h5-6,10,15,24H,3-4,7-9H2,1-2H3;1H2/t10-,15-;/m0./s1. The summed E-state index contributed by atoms with van der Waals surface area (Å²) in [6.07, 6.45) is -0.401. The maximum atomic E-state index is 14.2. The molecule has 0 heterocycles. The minimum absolute atomic E-state index is 0. The molecule has 1 aromatic rings. The fourth-order valence-corrected chi connectivity index (χ4v) is 5.43. The minimum Gasteiger partial charge on any atom is -0.412 e. The largest absolute Gasteiger partial charge is 0.501 e. The molecule has 0 aromatic heterocycles. The lowest BCUT2D eigenvalue weighted by molar-refractivity contribution is -0.0978. The number of halogens is 5. The van der Waals surface area contributed by atoms with E-state index in [-0.39, 0.29) is 22.4 Å². The molecule has 28 heavy (non-hydrogen) atoms. The Morgan fingerprint density at radius 3 is 2.32 bits per heavy atom. The maximum absolute atomic E-state index is 14.2. The third-order valence-electron chi connectivity index (χ3n) is 5.68. The van der Waals surface area contributed by atoms with Crippen molar-refractivity contribution in [1.82, 2.24) is 0 Å². The molecule has 3 rings (SSSR count). The van der Waals surface area contributed by atoms with E-state index in [2.05, 4.69) is 0 Å². The molecule has 1 fully saturated rings. The number of aliphatic hydroxyl groups excluding tert-OH is 1. The zero-order valence-electron chi connectivity index (χ0n) is 15.4. The van der Waals surface area contributed by atoms with Crippen LogP contribution in [-0.4, -0.2) is 30.4 Å². The van der Waals surface area contributed by atoms with E-state index in [1.165, 1.54) is 6.07 Å². The minimum atomic E-state index is -5.85. The second-order valence-electron chi connectivity index (χ2n) is 8.29. The normalized spacial score (nSPS) is 26.4. The van der Waals surface area contributed by atoms with Crippen molar-refractivity contribution in [2.24, 2.45) is 5.41 Å². The van der Waals surface area contributed by atoms with Gasteiger partial charge in [0.05, 0.1) is 4.90 Å². The molecule has 0 radical (unpaired) electrons. The van der Waals surface area contributed by atoms with Gasteiger partial charge in [-0.3, -0.25) is 0 Å². The lowest BCUT2D eigenvalue weighted by Crippen LogP contribution is -2.27. The fourth-order valence-electron chi connectivity index (χ4n) is 4.41. The Morgan fingerprint density at radius 1 is 1.18 bits per heavy atom. The Hall–Kier alpha value is -1.26. The van der Waals surface area contributed by atoms with Crippen LogP contribution in [0.15, 0.2) is 17.0 Å². The van der Waals surface area contributed by atoms with Crippen molar-refractivity contribution in [3.63, 3.8) is 0 Å². The summed E-state index contributed by atoms with van der Waals surface area (Å²) in [7, 11) is -5.85. The van der Waals surface area contributed by atoms with Crippen LogP contribution in [0.25, 0.3) is 0 Å². The summed E-state index contributed by atoms with van der Waals surface area (Å²) in [6.45, 7) is 4.07. The van der Waals surface area contributed by atoms with Crippen LogP contribution < -0.4 is 0 Å². The van der Waals surface area contributed by atoms with E-state index in [9.17, 15) is 35.5 Å². The predicted octanol–water partition coefficient (Wildman–Crippen LogP) is 4.06. The third-order valence-corrected chi connectivity index (χ3v) is 7.22. The highest BCUT2D eigenvalue weighted by Gasteiger charge is 2.55. The van der Waals surface area contributed by atoms with E-state index in [0.29, 0.717) is 18.4 Å². The topological polar surface area (TPSA) is 85.9 Å².